The summed E-state index contributed by atoms with van der Waals surface area (Å²) in [5.74, 6) is -0.432. The molecule has 0 saturated heterocycles. The molecule has 8 nitrogen and oxygen atoms in total. The van der Waals surface area contributed by atoms with Crippen LogP contribution in [0.5, 0.6) is 0 Å². The maximum atomic E-state index is 11.9. The molecule has 2 aromatic rings. The Labute approximate surface area is 113 Å². The van der Waals surface area contributed by atoms with Crippen molar-refractivity contribution in [1.82, 2.24) is 9.55 Å². The van der Waals surface area contributed by atoms with Gasteiger partial charge in [0, 0.05) is 7.05 Å². The summed E-state index contributed by atoms with van der Waals surface area (Å²) < 4.78 is 1.37. The molecule has 1 aromatic carbocycles. The predicted octanol–water partition coefficient (Wildman–Crippen LogP) is 0.161. The smallest absolute Gasteiger partial charge is 0.260 e. The minimum atomic E-state index is -0.432. The third-order valence-corrected chi connectivity index (χ3v) is 2.58. The number of anilines is 1. The van der Waals surface area contributed by atoms with E-state index in [1.54, 1.807) is 31.3 Å². The van der Waals surface area contributed by atoms with Gasteiger partial charge in [0.1, 0.15) is 6.07 Å². The number of nitrogens with one attached hydrogen (secondary N) is 2. The number of benzene rings is 1. The van der Waals surface area contributed by atoms with Crippen molar-refractivity contribution in [2.24, 2.45) is 17.9 Å². The fraction of sp³-hybridized carbons (Fsp3) is 0.0833. The Morgan fingerprint density at radius 3 is 3.00 bits per heavy atom. The fourth-order valence-corrected chi connectivity index (χ4v) is 1.55. The van der Waals surface area contributed by atoms with Crippen molar-refractivity contribution in [3.63, 3.8) is 0 Å². The molecule has 0 aliphatic heterocycles. The van der Waals surface area contributed by atoms with Crippen LogP contribution in [0.2, 0.25) is 0 Å². The minimum absolute atomic E-state index is 0.185. The Kier molecular flexibility index (Phi) is 3.43. The first-order valence-corrected chi connectivity index (χ1v) is 5.56. The van der Waals surface area contributed by atoms with Gasteiger partial charge in [-0.15, -0.1) is 0 Å². The molecule has 4 N–H and O–H groups in total. The molecule has 0 aliphatic rings. The number of nitrogens with two attached hydrogens (primary N) is 1. The van der Waals surface area contributed by atoms with Crippen molar-refractivity contribution in [3.8, 4) is 6.07 Å². The molecular weight excluding hydrogens is 258 g/mol. The lowest BCUT2D eigenvalue weighted by molar-refractivity contribution is 0.843. The second-order valence-corrected chi connectivity index (χ2v) is 3.99. The van der Waals surface area contributed by atoms with Gasteiger partial charge in [-0.2, -0.15) is 10.4 Å². The first kappa shape index (κ1) is 13.2. The number of aromatic nitrogens is 2. The summed E-state index contributed by atoms with van der Waals surface area (Å²) in [4.78, 5) is 16.1. The Bertz CT molecular complexity index is 813. The SMILES string of the molecule is Cn1cnc2ccc(N/N=C(\C#N)C(=N)N)cc2c1=O. The first-order valence-electron chi connectivity index (χ1n) is 5.56. The number of hydrazone groups is 1. The molecule has 0 aliphatic carbocycles. The Morgan fingerprint density at radius 1 is 1.60 bits per heavy atom. The van der Waals surface area contributed by atoms with E-state index in [-0.39, 0.29) is 11.3 Å². The molecule has 0 unspecified atom stereocenters. The molecule has 0 atom stereocenters. The molecule has 1 aromatic heterocycles. The lowest BCUT2D eigenvalue weighted by atomic mass is 10.2. The molecule has 0 bridgehead atoms. The van der Waals surface area contributed by atoms with Gasteiger partial charge in [0.2, 0.25) is 5.71 Å². The van der Waals surface area contributed by atoms with Crippen LogP contribution in [0, 0.1) is 16.7 Å². The fourth-order valence-electron chi connectivity index (χ4n) is 1.55. The second-order valence-electron chi connectivity index (χ2n) is 3.99. The summed E-state index contributed by atoms with van der Waals surface area (Å²) >= 11 is 0. The molecule has 20 heavy (non-hydrogen) atoms. The number of hydrogen-bond acceptors (Lipinski definition) is 6. The zero-order chi connectivity index (χ0) is 14.7. The highest BCUT2D eigenvalue weighted by Crippen LogP contribution is 2.14. The summed E-state index contributed by atoms with van der Waals surface area (Å²) in [7, 11) is 1.61. The number of aryl methyl sites for hydroxylation is 1. The summed E-state index contributed by atoms with van der Waals surface area (Å²) in [6.07, 6.45) is 1.44. The maximum Gasteiger partial charge on any atom is 0.260 e. The average molecular weight is 269 g/mol. The van der Waals surface area contributed by atoms with E-state index in [0.717, 1.165) is 0 Å². The van der Waals surface area contributed by atoms with E-state index in [4.69, 9.17) is 16.4 Å². The van der Waals surface area contributed by atoms with Crippen molar-refractivity contribution < 1.29 is 0 Å². The summed E-state index contributed by atoms with van der Waals surface area (Å²) in [6.45, 7) is 0. The predicted molar refractivity (Wildman–Crippen MR) is 75.6 cm³/mol. The quantitative estimate of drug-likeness (QED) is 0.414. The third-order valence-electron chi connectivity index (χ3n) is 2.58. The van der Waals surface area contributed by atoms with Gasteiger partial charge in [-0.1, -0.05) is 0 Å². The van der Waals surface area contributed by atoms with E-state index in [2.05, 4.69) is 15.5 Å². The summed E-state index contributed by atoms with van der Waals surface area (Å²) in [6, 6.07) is 6.58. The zero-order valence-corrected chi connectivity index (χ0v) is 10.6. The van der Waals surface area contributed by atoms with Crippen molar-refractivity contribution in [3.05, 3.63) is 34.9 Å². The van der Waals surface area contributed by atoms with Crippen LogP contribution < -0.4 is 16.7 Å². The number of nitrogens with zero attached hydrogens (tertiary/aromatic N) is 4. The summed E-state index contributed by atoms with van der Waals surface area (Å²) in [5, 5.41) is 20.0. The number of fused-ring (bicyclic) bond motifs is 1. The van der Waals surface area contributed by atoms with Gasteiger partial charge in [-0.05, 0) is 18.2 Å². The van der Waals surface area contributed by atoms with Gasteiger partial charge in [-0.25, -0.2) is 4.98 Å². The van der Waals surface area contributed by atoms with Gasteiger partial charge < -0.3 is 10.3 Å². The van der Waals surface area contributed by atoms with Crippen molar-refractivity contribution in [1.29, 1.82) is 10.7 Å². The van der Waals surface area contributed by atoms with Crippen molar-refractivity contribution in [2.45, 2.75) is 0 Å². The normalized spacial score (nSPS) is 11.1. The van der Waals surface area contributed by atoms with E-state index in [9.17, 15) is 4.79 Å². The Hall–Kier alpha value is -3.21. The van der Waals surface area contributed by atoms with E-state index in [0.29, 0.717) is 16.6 Å². The van der Waals surface area contributed by atoms with Gasteiger partial charge in [-0.3, -0.25) is 15.6 Å². The molecule has 8 heteroatoms. The highest BCUT2D eigenvalue weighted by Gasteiger charge is 2.04. The third kappa shape index (κ3) is 2.46. The van der Waals surface area contributed by atoms with E-state index < -0.39 is 5.84 Å². The molecule has 100 valence electrons. The van der Waals surface area contributed by atoms with Crippen LogP contribution in [0.3, 0.4) is 0 Å². The van der Waals surface area contributed by atoms with Crippen molar-refractivity contribution >= 4 is 28.1 Å². The average Bonchev–Trinajstić information content (AvgIpc) is 2.43. The monoisotopic (exact) mass is 269 g/mol. The molecule has 1 heterocycles. The van der Waals surface area contributed by atoms with Crippen LogP contribution >= 0.6 is 0 Å². The van der Waals surface area contributed by atoms with E-state index in [1.807, 2.05) is 0 Å². The van der Waals surface area contributed by atoms with E-state index in [1.165, 1.54) is 10.9 Å². The molecule has 0 spiro atoms. The second kappa shape index (κ2) is 5.19. The van der Waals surface area contributed by atoms with Crippen LogP contribution in [0.1, 0.15) is 0 Å². The molecule has 0 fully saturated rings. The first-order chi connectivity index (χ1) is 9.52. The Morgan fingerprint density at radius 2 is 2.35 bits per heavy atom. The molecular formula is C12H11N7O. The summed E-state index contributed by atoms with van der Waals surface area (Å²) in [5.41, 5.74) is 8.40. The zero-order valence-electron chi connectivity index (χ0n) is 10.6. The highest BCUT2D eigenvalue weighted by atomic mass is 16.1. The van der Waals surface area contributed by atoms with Crippen LogP contribution in [-0.4, -0.2) is 21.1 Å². The lowest BCUT2D eigenvalue weighted by Gasteiger charge is -2.04. The van der Waals surface area contributed by atoms with Crippen molar-refractivity contribution in [2.75, 3.05) is 5.43 Å². The Balaban J connectivity index is 2.43. The largest absolute Gasteiger partial charge is 0.382 e. The van der Waals surface area contributed by atoms with Gasteiger partial charge in [0.25, 0.3) is 5.56 Å². The number of amidine groups is 1. The van der Waals surface area contributed by atoms with Crippen LogP contribution in [0.15, 0.2) is 34.4 Å². The van der Waals surface area contributed by atoms with Gasteiger partial charge >= 0.3 is 0 Å². The van der Waals surface area contributed by atoms with Crippen LogP contribution in [0.4, 0.5) is 5.69 Å². The molecule has 0 radical (unpaired) electrons. The molecule has 0 saturated carbocycles. The van der Waals surface area contributed by atoms with E-state index >= 15 is 0 Å². The van der Waals surface area contributed by atoms with Crippen LogP contribution in [-0.2, 0) is 7.05 Å². The van der Waals surface area contributed by atoms with Gasteiger partial charge in [0.05, 0.1) is 22.9 Å². The number of nitriles is 1. The lowest BCUT2D eigenvalue weighted by Crippen LogP contribution is -2.22. The molecule has 0 amide bonds. The van der Waals surface area contributed by atoms with Gasteiger partial charge in [0.15, 0.2) is 5.84 Å². The highest BCUT2D eigenvalue weighted by molar-refractivity contribution is 6.45. The minimum Gasteiger partial charge on any atom is -0.382 e. The van der Waals surface area contributed by atoms with Crippen LogP contribution in [0.25, 0.3) is 10.9 Å². The topological polar surface area (TPSA) is 133 Å². The number of rotatable bonds is 3. The standard InChI is InChI=1S/C12H11N7O/c1-19-6-16-9-3-2-7(4-8(9)12(19)20)17-18-10(5-13)11(14)15/h2-4,6,17H,1H3,(H3,14,15)/b18-10+. The molecule has 2 rings (SSSR count). The number of hydrogen-bond donors (Lipinski definition) is 3. The maximum absolute atomic E-state index is 11.9.